The number of halogens is 1. The van der Waals surface area contributed by atoms with Gasteiger partial charge in [0.15, 0.2) is 6.71 Å². The normalized spacial score (nSPS) is 19.8. The van der Waals surface area contributed by atoms with Gasteiger partial charge in [-0.3, -0.25) is 0 Å². The van der Waals surface area contributed by atoms with Gasteiger partial charge in [0, 0.05) is 15.2 Å². The number of hydrogen-bond acceptors (Lipinski definition) is 1. The van der Waals surface area contributed by atoms with Gasteiger partial charge < -0.3 is 4.42 Å². The first kappa shape index (κ1) is 15.3. The van der Waals surface area contributed by atoms with E-state index in [1.165, 1.54) is 28.9 Å². The molecule has 0 bridgehead atoms. The van der Waals surface area contributed by atoms with Crippen molar-refractivity contribution in [2.75, 3.05) is 0 Å². The topological polar surface area (TPSA) is 13.1 Å². The third-order valence-corrected chi connectivity index (χ3v) is 6.95. The van der Waals surface area contributed by atoms with Crippen LogP contribution < -0.4 is 5.46 Å². The van der Waals surface area contributed by atoms with Crippen LogP contribution in [-0.4, -0.2) is 6.71 Å². The van der Waals surface area contributed by atoms with Crippen molar-refractivity contribution in [3.8, 4) is 0 Å². The van der Waals surface area contributed by atoms with Gasteiger partial charge >= 0.3 is 0 Å². The van der Waals surface area contributed by atoms with E-state index in [-0.39, 0.29) is 0 Å². The molecule has 23 heavy (non-hydrogen) atoms. The molecule has 118 valence electrons. The molecule has 2 aromatic carbocycles. The fraction of sp³-hybridized carbons (Fsp3) is 0.400. The second kappa shape index (κ2) is 4.89. The molecule has 1 aliphatic heterocycles. The molecule has 3 aromatic rings. The number of para-hydroxylation sites is 1. The highest BCUT2D eigenvalue weighted by Crippen LogP contribution is 2.53. The van der Waals surface area contributed by atoms with E-state index in [1.54, 1.807) is 0 Å². The quantitative estimate of drug-likeness (QED) is 0.472. The summed E-state index contributed by atoms with van der Waals surface area (Å²) in [5.74, 6) is 0. The Balaban J connectivity index is 1.94. The van der Waals surface area contributed by atoms with Crippen molar-refractivity contribution in [3.05, 3.63) is 40.9 Å². The summed E-state index contributed by atoms with van der Waals surface area (Å²) in [6, 6.07) is 12.8. The lowest BCUT2D eigenvalue weighted by Gasteiger charge is -2.35. The van der Waals surface area contributed by atoms with Crippen LogP contribution in [0.4, 0.5) is 0 Å². The molecule has 0 radical (unpaired) electrons. The van der Waals surface area contributed by atoms with Crippen LogP contribution in [0.15, 0.2) is 45.3 Å². The molecule has 4 rings (SSSR count). The molecule has 1 nitrogen and oxygen atoms in total. The molecule has 0 amide bonds. The minimum Gasteiger partial charge on any atom is -0.457 e. The first-order valence-electron chi connectivity index (χ1n) is 8.40. The number of fused-ring (bicyclic) bond motifs is 3. The van der Waals surface area contributed by atoms with Crippen LogP contribution in [0.3, 0.4) is 0 Å². The second-order valence-electron chi connectivity index (χ2n) is 8.31. The third-order valence-electron chi connectivity index (χ3n) is 6.29. The summed E-state index contributed by atoms with van der Waals surface area (Å²) in [5, 5.41) is 2.42. The molecule has 0 unspecified atom stereocenters. The average molecular weight is 369 g/mol. The van der Waals surface area contributed by atoms with Crippen LogP contribution in [0.5, 0.6) is 0 Å². The van der Waals surface area contributed by atoms with Crippen LogP contribution >= 0.6 is 15.9 Å². The number of rotatable bonds is 1. The summed E-state index contributed by atoms with van der Waals surface area (Å²) in [6.45, 7) is 10.2. The molecule has 0 saturated carbocycles. The first-order chi connectivity index (χ1) is 10.8. The molecule has 0 N–H and O–H groups in total. The summed E-state index contributed by atoms with van der Waals surface area (Å²) in [5.41, 5.74) is 4.12. The van der Waals surface area contributed by atoms with Crippen molar-refractivity contribution in [1.82, 2.24) is 0 Å². The summed E-state index contributed by atoms with van der Waals surface area (Å²) in [6.07, 6.45) is 2.43. The summed E-state index contributed by atoms with van der Waals surface area (Å²) in [7, 11) is 0. The van der Waals surface area contributed by atoms with Crippen LogP contribution in [0.1, 0.15) is 27.7 Å². The lowest BCUT2D eigenvalue weighted by Crippen LogP contribution is -2.28. The molecule has 1 aromatic heterocycles. The summed E-state index contributed by atoms with van der Waals surface area (Å²) in [4.78, 5) is 0. The molecular weight excluding hydrogens is 347 g/mol. The molecule has 2 heterocycles. The Morgan fingerprint density at radius 2 is 1.61 bits per heavy atom. The second-order valence-corrected chi connectivity index (χ2v) is 9.17. The van der Waals surface area contributed by atoms with Gasteiger partial charge in [-0.1, -0.05) is 80.5 Å². The van der Waals surface area contributed by atoms with E-state index in [9.17, 15) is 0 Å². The van der Waals surface area contributed by atoms with E-state index in [4.69, 9.17) is 4.42 Å². The van der Waals surface area contributed by atoms with E-state index in [1.807, 2.05) is 6.07 Å². The predicted molar refractivity (Wildman–Crippen MR) is 104 cm³/mol. The van der Waals surface area contributed by atoms with Crippen molar-refractivity contribution in [2.24, 2.45) is 10.8 Å². The van der Waals surface area contributed by atoms with E-state index >= 15 is 0 Å². The SMILES string of the molecule is CC1(C)CB(c2ccc(Br)c3c2oc2ccccc23)CC1(C)C. The number of benzene rings is 2. The Labute approximate surface area is 146 Å². The fourth-order valence-electron chi connectivity index (χ4n) is 4.21. The third kappa shape index (κ3) is 2.20. The smallest absolute Gasteiger partial charge is 0.181 e. The van der Waals surface area contributed by atoms with Crippen molar-refractivity contribution < 1.29 is 4.42 Å². The maximum absolute atomic E-state index is 6.28. The van der Waals surface area contributed by atoms with Crippen LogP contribution in [0, 0.1) is 10.8 Å². The van der Waals surface area contributed by atoms with E-state index in [0.29, 0.717) is 17.5 Å². The van der Waals surface area contributed by atoms with Gasteiger partial charge in [0.25, 0.3) is 0 Å². The monoisotopic (exact) mass is 368 g/mol. The lowest BCUT2D eigenvalue weighted by atomic mass is 9.42. The van der Waals surface area contributed by atoms with Crippen molar-refractivity contribution >= 4 is 50.0 Å². The molecule has 0 atom stereocenters. The highest BCUT2D eigenvalue weighted by atomic mass is 79.9. The van der Waals surface area contributed by atoms with Crippen LogP contribution in [0.25, 0.3) is 21.9 Å². The molecular formula is C20H22BBrO. The lowest BCUT2D eigenvalue weighted by molar-refractivity contribution is 0.177. The molecule has 1 fully saturated rings. The predicted octanol–water partition coefficient (Wildman–Crippen LogP) is 6.12. The standard InChI is InChI=1S/C20H22BBrO/c1-19(2)11-21(12-20(19,3)4)14-9-10-15(22)17-13-7-5-6-8-16(13)23-18(14)17/h5-10H,11-12H2,1-4H3. The molecule has 1 aliphatic rings. The number of hydrogen-bond donors (Lipinski definition) is 0. The Kier molecular flexibility index (Phi) is 3.26. The van der Waals surface area contributed by atoms with Crippen molar-refractivity contribution in [2.45, 2.75) is 40.3 Å². The van der Waals surface area contributed by atoms with Gasteiger partial charge in [0.1, 0.15) is 11.2 Å². The maximum Gasteiger partial charge on any atom is 0.181 e. The van der Waals surface area contributed by atoms with Gasteiger partial charge in [-0.2, -0.15) is 0 Å². The van der Waals surface area contributed by atoms with Gasteiger partial charge in [0.05, 0.1) is 0 Å². The van der Waals surface area contributed by atoms with E-state index < -0.39 is 0 Å². The van der Waals surface area contributed by atoms with Gasteiger partial charge in [-0.25, -0.2) is 0 Å². The summed E-state index contributed by atoms with van der Waals surface area (Å²) >= 11 is 3.72. The Hall–Kier alpha value is -1.22. The van der Waals surface area contributed by atoms with Gasteiger partial charge in [0.2, 0.25) is 0 Å². The zero-order valence-corrected chi connectivity index (χ0v) is 15.8. The van der Waals surface area contributed by atoms with Gasteiger partial charge in [-0.15, -0.1) is 0 Å². The Morgan fingerprint density at radius 3 is 2.30 bits per heavy atom. The van der Waals surface area contributed by atoms with Crippen LogP contribution in [-0.2, 0) is 0 Å². The Morgan fingerprint density at radius 1 is 0.957 bits per heavy atom. The summed E-state index contributed by atoms with van der Waals surface area (Å²) < 4.78 is 7.41. The highest BCUT2D eigenvalue weighted by molar-refractivity contribution is 9.10. The fourth-order valence-corrected chi connectivity index (χ4v) is 4.73. The zero-order valence-electron chi connectivity index (χ0n) is 14.2. The molecule has 3 heteroatoms. The first-order valence-corrected chi connectivity index (χ1v) is 9.19. The molecule has 0 spiro atoms. The Bertz CT molecular complexity index is 891. The minimum atomic E-state index is 0.350. The average Bonchev–Trinajstić information content (AvgIpc) is 2.95. The molecule has 0 aliphatic carbocycles. The van der Waals surface area contributed by atoms with Crippen molar-refractivity contribution in [1.29, 1.82) is 0 Å². The maximum atomic E-state index is 6.28. The van der Waals surface area contributed by atoms with Crippen LogP contribution in [0.2, 0.25) is 12.6 Å². The zero-order chi connectivity index (χ0) is 16.4. The van der Waals surface area contributed by atoms with E-state index in [0.717, 1.165) is 15.6 Å². The largest absolute Gasteiger partial charge is 0.457 e. The highest BCUT2D eigenvalue weighted by Gasteiger charge is 2.48. The molecule has 1 saturated heterocycles. The van der Waals surface area contributed by atoms with Gasteiger partial charge in [-0.05, 0) is 28.4 Å². The van der Waals surface area contributed by atoms with E-state index in [2.05, 4.69) is 74.0 Å². The number of furan rings is 1. The minimum absolute atomic E-state index is 0.350. The van der Waals surface area contributed by atoms with Crippen molar-refractivity contribution in [3.63, 3.8) is 0 Å².